The van der Waals surface area contributed by atoms with E-state index >= 15 is 0 Å². The molecule has 0 aromatic heterocycles. The molecular formula is C8H15NO2. The predicted molar refractivity (Wildman–Crippen MR) is 44.2 cm³/mol. The average molecular weight is 157 g/mol. The first-order chi connectivity index (χ1) is 5.35. The largest absolute Gasteiger partial charge is 0.395 e. The third-order valence-electron chi connectivity index (χ3n) is 1.29. The smallest absolute Gasteiger partial charge is 0.0638 e. The Hall–Kier alpha value is -0.560. The Kier molecular flexibility index (Phi) is 7.16. The van der Waals surface area contributed by atoms with Crippen LogP contribution in [0.4, 0.5) is 0 Å². The molecule has 0 fully saturated rings. The lowest BCUT2D eigenvalue weighted by molar-refractivity contribution is 0.129. The maximum absolute atomic E-state index is 8.76. The van der Waals surface area contributed by atoms with Crippen molar-refractivity contribution in [1.82, 2.24) is 5.32 Å². The zero-order chi connectivity index (χ0) is 8.53. The molecule has 0 bridgehead atoms. The molecule has 11 heavy (non-hydrogen) atoms. The van der Waals surface area contributed by atoms with E-state index in [1.807, 2.05) is 0 Å². The second kappa shape index (κ2) is 7.55. The van der Waals surface area contributed by atoms with Crippen LogP contribution < -0.4 is 5.32 Å². The highest BCUT2D eigenvalue weighted by Gasteiger charge is 2.03. The van der Waals surface area contributed by atoms with Crippen LogP contribution in [-0.2, 0) is 4.74 Å². The minimum absolute atomic E-state index is 0.00773. The molecule has 0 spiro atoms. The van der Waals surface area contributed by atoms with Gasteiger partial charge < -0.3 is 15.2 Å². The minimum atomic E-state index is 0.00773. The van der Waals surface area contributed by atoms with Crippen molar-refractivity contribution >= 4 is 0 Å². The topological polar surface area (TPSA) is 41.5 Å². The van der Waals surface area contributed by atoms with E-state index in [0.29, 0.717) is 13.0 Å². The molecule has 0 rings (SSSR count). The molecule has 0 heterocycles. The van der Waals surface area contributed by atoms with Gasteiger partial charge in [0.05, 0.1) is 19.3 Å². The third kappa shape index (κ3) is 5.86. The average Bonchev–Trinajstić information content (AvgIpc) is 2.03. The summed E-state index contributed by atoms with van der Waals surface area (Å²) in [7, 11) is 1.60. The van der Waals surface area contributed by atoms with Gasteiger partial charge in [0, 0.05) is 20.1 Å². The summed E-state index contributed by atoms with van der Waals surface area (Å²) in [6, 6.07) is 0.00773. The fourth-order valence-electron chi connectivity index (χ4n) is 0.726. The Morgan fingerprint density at radius 2 is 2.45 bits per heavy atom. The Labute approximate surface area is 67.8 Å². The maximum atomic E-state index is 8.76. The third-order valence-corrected chi connectivity index (χ3v) is 1.29. The Bertz CT molecular complexity index is 120. The van der Waals surface area contributed by atoms with Crippen LogP contribution in [-0.4, -0.2) is 38.0 Å². The highest BCUT2D eigenvalue weighted by molar-refractivity contribution is 4.84. The van der Waals surface area contributed by atoms with Crippen molar-refractivity contribution in [2.75, 3.05) is 26.9 Å². The molecule has 0 saturated heterocycles. The summed E-state index contributed by atoms with van der Waals surface area (Å²) in [5.74, 6) is 2.50. The lowest BCUT2D eigenvalue weighted by Crippen LogP contribution is -2.36. The van der Waals surface area contributed by atoms with Crippen molar-refractivity contribution in [2.45, 2.75) is 12.5 Å². The molecule has 2 N–H and O–H groups in total. The molecule has 0 aromatic rings. The van der Waals surface area contributed by atoms with Gasteiger partial charge in [0.25, 0.3) is 0 Å². The van der Waals surface area contributed by atoms with Crippen LogP contribution >= 0.6 is 0 Å². The number of hydrogen-bond donors (Lipinski definition) is 2. The molecule has 0 radical (unpaired) electrons. The van der Waals surface area contributed by atoms with Gasteiger partial charge >= 0.3 is 0 Å². The first-order valence-electron chi connectivity index (χ1n) is 3.61. The van der Waals surface area contributed by atoms with E-state index in [4.69, 9.17) is 16.3 Å². The van der Waals surface area contributed by atoms with Gasteiger partial charge in [-0.25, -0.2) is 0 Å². The lowest BCUT2D eigenvalue weighted by Gasteiger charge is -2.13. The van der Waals surface area contributed by atoms with Gasteiger partial charge in [0.2, 0.25) is 0 Å². The summed E-state index contributed by atoms with van der Waals surface area (Å²) < 4.78 is 4.85. The van der Waals surface area contributed by atoms with Crippen LogP contribution in [0.15, 0.2) is 0 Å². The summed E-state index contributed by atoms with van der Waals surface area (Å²) in [4.78, 5) is 0. The van der Waals surface area contributed by atoms with Gasteiger partial charge in [-0.05, 0) is 0 Å². The van der Waals surface area contributed by atoms with Gasteiger partial charge in [-0.2, -0.15) is 0 Å². The van der Waals surface area contributed by atoms with Crippen LogP contribution in [0.25, 0.3) is 0 Å². The SMILES string of the molecule is C#CCCNC(CO)COC. The van der Waals surface area contributed by atoms with Crippen LogP contribution in [0.3, 0.4) is 0 Å². The predicted octanol–water partition coefficient (Wildman–Crippen LogP) is -0.393. The molecule has 0 amide bonds. The first kappa shape index (κ1) is 10.4. The van der Waals surface area contributed by atoms with Crippen molar-refractivity contribution in [3.63, 3.8) is 0 Å². The molecule has 64 valence electrons. The maximum Gasteiger partial charge on any atom is 0.0638 e. The molecule has 0 aliphatic heterocycles. The van der Waals surface area contributed by atoms with Gasteiger partial charge in [-0.1, -0.05) is 0 Å². The zero-order valence-corrected chi connectivity index (χ0v) is 6.84. The number of ether oxygens (including phenoxy) is 1. The lowest BCUT2D eigenvalue weighted by atomic mass is 10.3. The van der Waals surface area contributed by atoms with E-state index < -0.39 is 0 Å². The molecule has 1 atom stereocenters. The monoisotopic (exact) mass is 157 g/mol. The summed E-state index contributed by atoms with van der Waals surface area (Å²) in [5.41, 5.74) is 0. The van der Waals surface area contributed by atoms with E-state index in [1.54, 1.807) is 7.11 Å². The molecular weight excluding hydrogens is 142 g/mol. The molecule has 3 heteroatoms. The number of aliphatic hydroxyl groups excluding tert-OH is 1. The van der Waals surface area contributed by atoms with Gasteiger partial charge in [0.1, 0.15) is 0 Å². The second-order valence-corrected chi connectivity index (χ2v) is 2.24. The van der Waals surface area contributed by atoms with Gasteiger partial charge in [0.15, 0.2) is 0 Å². The fraction of sp³-hybridized carbons (Fsp3) is 0.750. The van der Waals surface area contributed by atoms with E-state index in [-0.39, 0.29) is 12.6 Å². The number of nitrogens with one attached hydrogen (secondary N) is 1. The number of aliphatic hydroxyl groups is 1. The number of rotatable bonds is 6. The van der Waals surface area contributed by atoms with Gasteiger partial charge in [-0.15, -0.1) is 12.3 Å². The summed E-state index contributed by atoms with van der Waals surface area (Å²) in [6.45, 7) is 1.32. The van der Waals surface area contributed by atoms with E-state index in [9.17, 15) is 0 Å². The summed E-state index contributed by atoms with van der Waals surface area (Å²) in [6.07, 6.45) is 5.73. The number of methoxy groups -OCH3 is 1. The molecule has 1 unspecified atom stereocenters. The van der Waals surface area contributed by atoms with E-state index in [1.165, 1.54) is 0 Å². The van der Waals surface area contributed by atoms with Crippen LogP contribution in [0.5, 0.6) is 0 Å². The summed E-state index contributed by atoms with van der Waals surface area (Å²) in [5, 5.41) is 11.8. The Morgan fingerprint density at radius 1 is 1.73 bits per heavy atom. The molecule has 0 aromatic carbocycles. The van der Waals surface area contributed by atoms with Crippen LogP contribution in [0, 0.1) is 12.3 Å². The minimum Gasteiger partial charge on any atom is -0.395 e. The molecule has 0 aliphatic rings. The molecule has 0 saturated carbocycles. The summed E-state index contributed by atoms with van der Waals surface area (Å²) >= 11 is 0. The van der Waals surface area contributed by atoms with Gasteiger partial charge in [-0.3, -0.25) is 0 Å². The highest BCUT2D eigenvalue weighted by Crippen LogP contribution is 1.83. The van der Waals surface area contributed by atoms with Crippen LogP contribution in [0.1, 0.15) is 6.42 Å². The van der Waals surface area contributed by atoms with Crippen LogP contribution in [0.2, 0.25) is 0 Å². The van der Waals surface area contributed by atoms with Crippen molar-refractivity contribution < 1.29 is 9.84 Å². The molecule has 0 aliphatic carbocycles. The number of hydrogen-bond acceptors (Lipinski definition) is 3. The number of terminal acetylenes is 1. The van der Waals surface area contributed by atoms with E-state index in [0.717, 1.165) is 6.54 Å². The first-order valence-corrected chi connectivity index (χ1v) is 3.61. The molecule has 3 nitrogen and oxygen atoms in total. The van der Waals surface area contributed by atoms with Crippen molar-refractivity contribution in [1.29, 1.82) is 0 Å². The van der Waals surface area contributed by atoms with Crippen molar-refractivity contribution in [3.05, 3.63) is 0 Å². The van der Waals surface area contributed by atoms with Crippen molar-refractivity contribution in [2.24, 2.45) is 0 Å². The van der Waals surface area contributed by atoms with E-state index in [2.05, 4.69) is 11.2 Å². The second-order valence-electron chi connectivity index (χ2n) is 2.24. The van der Waals surface area contributed by atoms with Crippen molar-refractivity contribution in [3.8, 4) is 12.3 Å². The standard InChI is InChI=1S/C8H15NO2/c1-3-4-5-9-8(6-10)7-11-2/h1,8-10H,4-7H2,2H3. The highest BCUT2D eigenvalue weighted by atomic mass is 16.5. The fourth-order valence-corrected chi connectivity index (χ4v) is 0.726. The quantitative estimate of drug-likeness (QED) is 0.407. The normalized spacial score (nSPS) is 12.5. The Morgan fingerprint density at radius 3 is 2.91 bits per heavy atom. The zero-order valence-electron chi connectivity index (χ0n) is 6.84. The Balaban J connectivity index is 3.29.